The zero-order chi connectivity index (χ0) is 17.7. The summed E-state index contributed by atoms with van der Waals surface area (Å²) < 4.78 is 7.55. The van der Waals surface area contributed by atoms with Crippen LogP contribution in [0.4, 0.5) is 5.69 Å². The number of amides is 1. The number of aromatic nitrogens is 2. The molecule has 2 heterocycles. The maximum atomic E-state index is 13.1. The van der Waals surface area contributed by atoms with Gasteiger partial charge in [-0.25, -0.2) is 0 Å². The number of ether oxygens (including phenoxy) is 1. The second kappa shape index (κ2) is 9.05. The summed E-state index contributed by atoms with van der Waals surface area (Å²) in [5, 5.41) is 10.7. The Hall–Kier alpha value is -2.05. The van der Waals surface area contributed by atoms with Gasteiger partial charge in [-0.15, -0.1) is 12.4 Å². The summed E-state index contributed by atoms with van der Waals surface area (Å²) in [6.07, 6.45) is 5.01. The minimum Gasteiger partial charge on any atom is -0.493 e. The molecule has 0 aliphatic carbocycles. The Morgan fingerprint density at radius 2 is 2.12 bits per heavy atom. The highest BCUT2D eigenvalue weighted by atomic mass is 35.5. The normalized spacial score (nSPS) is 16.0. The number of rotatable bonds is 6. The van der Waals surface area contributed by atoms with Crippen LogP contribution in [0.1, 0.15) is 26.7 Å². The van der Waals surface area contributed by atoms with Gasteiger partial charge in [0.25, 0.3) is 5.91 Å². The quantitative estimate of drug-likeness (QED) is 0.810. The van der Waals surface area contributed by atoms with Crippen LogP contribution in [0.2, 0.25) is 0 Å². The Morgan fingerprint density at radius 3 is 2.77 bits per heavy atom. The number of nitrogens with one attached hydrogen (secondary N) is 2. The third kappa shape index (κ3) is 4.56. The summed E-state index contributed by atoms with van der Waals surface area (Å²) in [6.45, 7) is 6.46. The third-order valence-electron chi connectivity index (χ3n) is 4.47. The molecule has 1 saturated heterocycles. The van der Waals surface area contributed by atoms with E-state index < -0.39 is 5.54 Å². The van der Waals surface area contributed by atoms with Crippen molar-refractivity contribution in [3.63, 3.8) is 0 Å². The predicted molar refractivity (Wildman–Crippen MR) is 105 cm³/mol. The third-order valence-corrected chi connectivity index (χ3v) is 4.47. The number of carbonyl (C=O) groups excluding carboxylic acids is 1. The van der Waals surface area contributed by atoms with E-state index in [1.807, 2.05) is 36.5 Å². The van der Waals surface area contributed by atoms with E-state index in [1.54, 1.807) is 10.9 Å². The molecule has 3 rings (SSSR count). The molecule has 0 bridgehead atoms. The molecule has 1 aromatic carbocycles. The fraction of sp³-hybridized carbons (Fsp3) is 0.474. The molecule has 1 aromatic heterocycles. The molecule has 1 aliphatic rings. The van der Waals surface area contributed by atoms with Gasteiger partial charge in [-0.1, -0.05) is 19.9 Å². The lowest BCUT2D eigenvalue weighted by atomic mass is 9.87. The minimum atomic E-state index is -0.649. The second-order valence-electron chi connectivity index (χ2n) is 6.92. The van der Waals surface area contributed by atoms with Crippen LogP contribution in [0, 0.1) is 5.92 Å². The summed E-state index contributed by atoms with van der Waals surface area (Å²) in [6, 6.07) is 9.42. The van der Waals surface area contributed by atoms with Crippen LogP contribution in [-0.4, -0.2) is 35.4 Å². The van der Waals surface area contributed by atoms with E-state index in [1.165, 1.54) is 0 Å². The maximum Gasteiger partial charge on any atom is 0.252 e. The minimum absolute atomic E-state index is 0. The highest BCUT2D eigenvalue weighted by Gasteiger charge is 2.42. The molecule has 2 N–H and O–H groups in total. The molecule has 6 nitrogen and oxygen atoms in total. The highest BCUT2D eigenvalue weighted by Crippen LogP contribution is 2.29. The van der Waals surface area contributed by atoms with Gasteiger partial charge in [-0.3, -0.25) is 9.48 Å². The molecule has 26 heavy (non-hydrogen) atoms. The first-order chi connectivity index (χ1) is 12.1. The topological polar surface area (TPSA) is 68.2 Å². The van der Waals surface area contributed by atoms with E-state index in [2.05, 4.69) is 29.6 Å². The van der Waals surface area contributed by atoms with Crippen LogP contribution in [0.15, 0.2) is 42.7 Å². The Balaban J connectivity index is 0.00000243. The molecule has 0 unspecified atom stereocenters. The van der Waals surface area contributed by atoms with Crippen LogP contribution in [0.25, 0.3) is 0 Å². The zero-order valence-corrected chi connectivity index (χ0v) is 16.1. The first-order valence-corrected chi connectivity index (χ1v) is 8.85. The van der Waals surface area contributed by atoms with Crippen molar-refractivity contribution in [1.29, 1.82) is 0 Å². The van der Waals surface area contributed by atoms with Crippen molar-refractivity contribution >= 4 is 24.0 Å². The number of benzene rings is 1. The Morgan fingerprint density at radius 1 is 1.35 bits per heavy atom. The van der Waals surface area contributed by atoms with Gasteiger partial charge in [0.1, 0.15) is 11.3 Å². The molecule has 0 spiro atoms. The molecule has 0 radical (unpaired) electrons. The van der Waals surface area contributed by atoms with Crippen LogP contribution < -0.4 is 15.4 Å². The number of hydrogen-bond donors (Lipinski definition) is 2. The average Bonchev–Trinajstić information content (AvgIpc) is 3.16. The number of anilines is 1. The second-order valence-corrected chi connectivity index (χ2v) is 6.92. The van der Waals surface area contributed by atoms with E-state index in [0.717, 1.165) is 24.5 Å². The van der Waals surface area contributed by atoms with Gasteiger partial charge >= 0.3 is 0 Å². The van der Waals surface area contributed by atoms with E-state index in [0.29, 0.717) is 25.4 Å². The number of hydrogen-bond acceptors (Lipinski definition) is 4. The van der Waals surface area contributed by atoms with Crippen LogP contribution in [0.3, 0.4) is 0 Å². The monoisotopic (exact) mass is 378 g/mol. The van der Waals surface area contributed by atoms with Crippen molar-refractivity contribution in [2.75, 3.05) is 25.0 Å². The molecule has 1 amide bonds. The molecule has 7 heteroatoms. The van der Waals surface area contributed by atoms with Crippen molar-refractivity contribution < 1.29 is 9.53 Å². The van der Waals surface area contributed by atoms with E-state index in [-0.39, 0.29) is 18.3 Å². The lowest BCUT2D eigenvalue weighted by molar-refractivity contribution is -0.126. The number of nitrogens with zero attached hydrogens (tertiary/aromatic N) is 2. The summed E-state index contributed by atoms with van der Waals surface area (Å²) in [5.74, 6) is 1.19. The first-order valence-electron chi connectivity index (χ1n) is 8.85. The van der Waals surface area contributed by atoms with Gasteiger partial charge in [-0.05, 0) is 50.0 Å². The average molecular weight is 379 g/mol. The molecule has 0 atom stereocenters. The van der Waals surface area contributed by atoms with Crippen molar-refractivity contribution in [2.45, 2.75) is 32.2 Å². The largest absolute Gasteiger partial charge is 0.493 e. The van der Waals surface area contributed by atoms with Crippen molar-refractivity contribution in [1.82, 2.24) is 15.1 Å². The van der Waals surface area contributed by atoms with E-state index in [9.17, 15) is 4.79 Å². The molecular formula is C19H27ClN4O2. The molecule has 0 saturated carbocycles. The standard InChI is InChI=1S/C19H26N4O2.ClH/c1-15(2)14-25-17-6-3-5-16(13-17)22-18(24)19(7-10-20-11-8-19)23-12-4-9-21-23;/h3-6,9,12-13,15,20H,7-8,10-11,14H2,1-2H3,(H,22,24);1H. The fourth-order valence-electron chi connectivity index (χ4n) is 3.10. The van der Waals surface area contributed by atoms with Gasteiger partial charge in [-0.2, -0.15) is 5.10 Å². The summed E-state index contributed by atoms with van der Waals surface area (Å²) in [4.78, 5) is 13.1. The van der Waals surface area contributed by atoms with Crippen LogP contribution in [-0.2, 0) is 10.3 Å². The van der Waals surface area contributed by atoms with Crippen molar-refractivity contribution in [2.24, 2.45) is 5.92 Å². The van der Waals surface area contributed by atoms with Crippen LogP contribution >= 0.6 is 12.4 Å². The molecule has 1 fully saturated rings. The van der Waals surface area contributed by atoms with Gasteiger partial charge in [0.05, 0.1) is 6.61 Å². The number of piperidine rings is 1. The number of carbonyl (C=O) groups is 1. The van der Waals surface area contributed by atoms with Gasteiger partial charge < -0.3 is 15.4 Å². The van der Waals surface area contributed by atoms with Crippen molar-refractivity contribution in [3.05, 3.63) is 42.7 Å². The Bertz CT molecular complexity index is 697. The lowest BCUT2D eigenvalue weighted by Crippen LogP contribution is -2.52. The lowest BCUT2D eigenvalue weighted by Gasteiger charge is -2.36. The summed E-state index contributed by atoms with van der Waals surface area (Å²) in [7, 11) is 0. The summed E-state index contributed by atoms with van der Waals surface area (Å²) >= 11 is 0. The van der Waals surface area contributed by atoms with Gasteiger partial charge in [0, 0.05) is 24.1 Å². The molecule has 2 aromatic rings. The molecule has 142 valence electrons. The molecular weight excluding hydrogens is 352 g/mol. The Kier molecular flexibility index (Phi) is 7.06. The first kappa shape index (κ1) is 20.3. The Labute approximate surface area is 160 Å². The predicted octanol–water partition coefficient (Wildman–Crippen LogP) is 3.06. The summed E-state index contributed by atoms with van der Waals surface area (Å²) in [5.41, 5.74) is 0.0973. The smallest absolute Gasteiger partial charge is 0.252 e. The van der Waals surface area contributed by atoms with Gasteiger partial charge in [0.2, 0.25) is 0 Å². The zero-order valence-electron chi connectivity index (χ0n) is 15.3. The number of halogens is 1. The highest BCUT2D eigenvalue weighted by molar-refractivity contribution is 5.96. The SMILES string of the molecule is CC(C)COc1cccc(NC(=O)C2(n3cccn3)CCNCC2)c1.Cl. The maximum absolute atomic E-state index is 13.1. The van der Waals surface area contributed by atoms with Crippen LogP contribution in [0.5, 0.6) is 5.75 Å². The van der Waals surface area contributed by atoms with E-state index in [4.69, 9.17) is 4.74 Å². The van der Waals surface area contributed by atoms with E-state index >= 15 is 0 Å². The van der Waals surface area contributed by atoms with Gasteiger partial charge in [0.15, 0.2) is 0 Å². The fourth-order valence-corrected chi connectivity index (χ4v) is 3.10. The molecule has 1 aliphatic heterocycles. The van der Waals surface area contributed by atoms with Crippen molar-refractivity contribution in [3.8, 4) is 5.75 Å².